The Hall–Kier alpha value is -5.35. The SMILES string of the molecule is CC/C=C\C/C=C\C/C=C\C/C=C\C/C=C\C/C=C\CCCCCCC(=O)OC(COC(=O)CCCCCCCCCCC/C=C\C/C=C\C/C=C\C/C=C\C/C=C\CC)COP(=O)(O)OCC(O)COP(=O)(O)OCC(O)COC(=O)CCCCCCCCCCCCCCC/C=C\C/C=C\C/C=C\C/C=C\CCCCC. The molecule has 0 aliphatic rings. The van der Waals surface area contributed by atoms with Crippen molar-refractivity contribution in [2.45, 2.75) is 360 Å². The van der Waals surface area contributed by atoms with Gasteiger partial charge in [-0.25, -0.2) is 9.13 Å². The summed E-state index contributed by atoms with van der Waals surface area (Å²) < 4.78 is 61.4. The van der Waals surface area contributed by atoms with Gasteiger partial charge in [-0.1, -0.05) is 344 Å². The highest BCUT2D eigenvalue weighted by Gasteiger charge is 2.29. The molecule has 0 aromatic heterocycles. The van der Waals surface area contributed by atoms with Crippen LogP contribution in [0.25, 0.3) is 0 Å². The summed E-state index contributed by atoms with van der Waals surface area (Å²) in [5, 5.41) is 20.7. The van der Waals surface area contributed by atoms with Crippen molar-refractivity contribution in [3.8, 4) is 0 Å². The smallest absolute Gasteiger partial charge is 0.463 e. The van der Waals surface area contributed by atoms with E-state index in [0.29, 0.717) is 19.3 Å². The van der Waals surface area contributed by atoms with Gasteiger partial charge in [-0.15, -0.1) is 0 Å². The van der Waals surface area contributed by atoms with Crippen molar-refractivity contribution >= 4 is 33.6 Å². The number of hydrogen-bond acceptors (Lipinski definition) is 14. The van der Waals surface area contributed by atoms with Gasteiger partial charge in [0.1, 0.15) is 25.4 Å². The van der Waals surface area contributed by atoms with Crippen LogP contribution in [0.15, 0.2) is 182 Å². The minimum absolute atomic E-state index is 0.0665. The molecule has 644 valence electrons. The van der Waals surface area contributed by atoms with Crippen molar-refractivity contribution < 1.29 is 75.8 Å². The summed E-state index contributed by atoms with van der Waals surface area (Å²) in [6.07, 6.45) is 112. The van der Waals surface area contributed by atoms with Crippen molar-refractivity contribution in [1.82, 2.24) is 0 Å². The van der Waals surface area contributed by atoms with Gasteiger partial charge in [-0.2, -0.15) is 0 Å². The first kappa shape index (κ1) is 108. The van der Waals surface area contributed by atoms with E-state index >= 15 is 0 Å². The number of carbonyl (C=O) groups is 3. The molecule has 0 heterocycles. The van der Waals surface area contributed by atoms with Crippen LogP contribution < -0.4 is 0 Å². The highest BCUT2D eigenvalue weighted by molar-refractivity contribution is 7.47. The summed E-state index contributed by atoms with van der Waals surface area (Å²) in [7, 11) is -9.83. The van der Waals surface area contributed by atoms with Gasteiger partial charge in [-0.05, 0) is 161 Å². The molecular formula is C95H158O16P2. The van der Waals surface area contributed by atoms with Gasteiger partial charge in [0.25, 0.3) is 0 Å². The standard InChI is InChI=1S/C95H158O16P2/c1-4-7-10-13-16-19-22-25-28-31-34-37-40-42-43-44-45-47-50-51-54-57-60-63-66-69-72-75-78-81-93(98)105-84-90(96)85-107-112(101,102)108-86-91(97)87-109-113(103,104)110-89-92(111-95(100)83-80-77-74-71-68-65-62-59-56-53-48-39-36-33-30-27-24-21-18-15-12-9-6-3)88-106-94(99)82-79-76-73-70-67-64-61-58-55-52-49-46-41-38-35-32-29-26-23-20-17-14-11-8-5-2/h8-9,11-12,16-21,25-30,34-39,42-43,46,49,53,56,62,65,90-92,96-97H,4-7,10,13-15,22-24,31-33,40-41,44-45,47-48,50-52,54-55,57-61,63-64,66-89H2,1-3H3,(H,101,102)(H,103,104)/b11-8-,12-9-,19-16-,20-17-,21-18-,28-25-,29-26-,30-27-,37-34-,38-35-,39-36-,43-42-,49-46-,56-53-,65-62-. The fourth-order valence-electron chi connectivity index (χ4n) is 11.5. The Bertz CT molecular complexity index is 2780. The van der Waals surface area contributed by atoms with E-state index in [1.165, 1.54) is 109 Å². The van der Waals surface area contributed by atoms with Crippen LogP contribution >= 0.6 is 15.6 Å². The van der Waals surface area contributed by atoms with Crippen molar-refractivity contribution in [2.75, 3.05) is 39.6 Å². The van der Waals surface area contributed by atoms with Crippen LogP contribution in [0, 0.1) is 0 Å². The third-order valence-corrected chi connectivity index (χ3v) is 20.0. The lowest BCUT2D eigenvalue weighted by atomic mass is 10.0. The van der Waals surface area contributed by atoms with E-state index in [1.807, 2.05) is 0 Å². The van der Waals surface area contributed by atoms with Crippen LogP contribution in [0.2, 0.25) is 0 Å². The van der Waals surface area contributed by atoms with Crippen LogP contribution in [-0.2, 0) is 55.8 Å². The van der Waals surface area contributed by atoms with Gasteiger partial charge in [0, 0.05) is 19.3 Å². The van der Waals surface area contributed by atoms with E-state index in [4.69, 9.17) is 32.3 Å². The summed E-state index contributed by atoms with van der Waals surface area (Å²) in [5.74, 6) is -1.62. The van der Waals surface area contributed by atoms with Gasteiger partial charge < -0.3 is 34.2 Å². The van der Waals surface area contributed by atoms with Gasteiger partial charge in [0.15, 0.2) is 6.10 Å². The predicted molar refractivity (Wildman–Crippen MR) is 472 cm³/mol. The zero-order chi connectivity index (χ0) is 82.2. The molecule has 0 aliphatic heterocycles. The van der Waals surface area contributed by atoms with Crippen LogP contribution in [0.4, 0.5) is 0 Å². The number of rotatable bonds is 82. The molecule has 4 N–H and O–H groups in total. The first-order valence-corrected chi connectivity index (χ1v) is 47.1. The number of allylic oxidation sites excluding steroid dienone is 30. The Morgan fingerprint density at radius 2 is 0.469 bits per heavy atom. The molecule has 5 atom stereocenters. The Labute approximate surface area is 687 Å². The van der Waals surface area contributed by atoms with E-state index in [0.717, 1.165) is 173 Å². The molecule has 16 nitrogen and oxygen atoms in total. The molecule has 0 saturated carbocycles. The fraction of sp³-hybridized carbons (Fsp3) is 0.653. The molecule has 113 heavy (non-hydrogen) atoms. The van der Waals surface area contributed by atoms with Crippen LogP contribution in [0.3, 0.4) is 0 Å². The monoisotopic (exact) mass is 1620 g/mol. The van der Waals surface area contributed by atoms with Crippen LogP contribution in [-0.4, -0.2) is 95.9 Å². The number of aliphatic hydroxyl groups excluding tert-OH is 2. The van der Waals surface area contributed by atoms with E-state index in [1.54, 1.807) is 0 Å². The minimum atomic E-state index is -4.96. The molecule has 0 rings (SSSR count). The lowest BCUT2D eigenvalue weighted by molar-refractivity contribution is -0.161. The first-order valence-electron chi connectivity index (χ1n) is 44.1. The maximum absolute atomic E-state index is 13.1. The zero-order valence-electron chi connectivity index (χ0n) is 70.7. The van der Waals surface area contributed by atoms with Crippen LogP contribution in [0.5, 0.6) is 0 Å². The third-order valence-electron chi connectivity index (χ3n) is 18.1. The normalized spacial score (nSPS) is 14.7. The fourth-order valence-corrected chi connectivity index (χ4v) is 13.1. The molecular weight excluding hydrogens is 1460 g/mol. The third kappa shape index (κ3) is 87.3. The van der Waals surface area contributed by atoms with E-state index in [9.17, 15) is 43.5 Å². The summed E-state index contributed by atoms with van der Waals surface area (Å²) in [4.78, 5) is 58.9. The number of phosphoric acid groups is 2. The highest BCUT2D eigenvalue weighted by atomic mass is 31.2. The topological polar surface area (TPSA) is 231 Å². The molecule has 0 amide bonds. The van der Waals surface area contributed by atoms with Crippen molar-refractivity contribution in [1.29, 1.82) is 0 Å². The lowest BCUT2D eigenvalue weighted by Crippen LogP contribution is -2.30. The summed E-state index contributed by atoms with van der Waals surface area (Å²) in [6.45, 7) is 2.40. The largest absolute Gasteiger partial charge is 0.472 e. The Kier molecular flexibility index (Phi) is 81.9. The second-order valence-electron chi connectivity index (χ2n) is 28.9. The molecule has 0 saturated heterocycles. The van der Waals surface area contributed by atoms with Crippen molar-refractivity contribution in [3.05, 3.63) is 182 Å². The molecule has 18 heteroatoms. The molecule has 0 radical (unpaired) electrons. The van der Waals surface area contributed by atoms with Gasteiger partial charge >= 0.3 is 33.6 Å². The quantitative estimate of drug-likeness (QED) is 0.0146. The second kappa shape index (κ2) is 86.0. The number of esters is 3. The van der Waals surface area contributed by atoms with E-state index in [-0.39, 0.29) is 19.3 Å². The number of carbonyl (C=O) groups excluding carboxylic acids is 3. The van der Waals surface area contributed by atoms with Gasteiger partial charge in [0.05, 0.1) is 26.4 Å². The molecule has 0 spiro atoms. The van der Waals surface area contributed by atoms with E-state index in [2.05, 4.69) is 203 Å². The van der Waals surface area contributed by atoms with Gasteiger partial charge in [-0.3, -0.25) is 32.5 Å². The predicted octanol–water partition coefficient (Wildman–Crippen LogP) is 26.9. The second-order valence-corrected chi connectivity index (χ2v) is 31.8. The van der Waals surface area contributed by atoms with Crippen LogP contribution in [0.1, 0.15) is 342 Å². The number of ether oxygens (including phenoxy) is 3. The van der Waals surface area contributed by atoms with E-state index < -0.39 is 91.5 Å². The lowest BCUT2D eigenvalue weighted by Gasteiger charge is -2.21. The molecule has 0 aromatic carbocycles. The number of hydrogen-bond donors (Lipinski definition) is 4. The Morgan fingerprint density at radius 1 is 0.257 bits per heavy atom. The minimum Gasteiger partial charge on any atom is -0.463 e. The maximum atomic E-state index is 13.1. The average molecular weight is 1620 g/mol. The zero-order valence-corrected chi connectivity index (χ0v) is 72.5. The summed E-state index contributed by atoms with van der Waals surface area (Å²) >= 11 is 0. The average Bonchev–Trinajstić information content (AvgIpc) is 0.902. The van der Waals surface area contributed by atoms with Crippen molar-refractivity contribution in [2.24, 2.45) is 0 Å². The van der Waals surface area contributed by atoms with Gasteiger partial charge in [0.2, 0.25) is 0 Å². The number of aliphatic hydroxyl groups is 2. The number of unbranched alkanes of at least 4 members (excludes halogenated alkanes) is 29. The molecule has 0 aliphatic carbocycles. The molecule has 0 bridgehead atoms. The summed E-state index contributed by atoms with van der Waals surface area (Å²) in [5.41, 5.74) is 0. The molecule has 0 fully saturated rings. The molecule has 5 unspecified atom stereocenters. The number of phosphoric ester groups is 2. The summed E-state index contributed by atoms with van der Waals surface area (Å²) in [6, 6.07) is 0. The highest BCUT2D eigenvalue weighted by Crippen LogP contribution is 2.45. The first-order chi connectivity index (χ1) is 55.2. The maximum Gasteiger partial charge on any atom is 0.472 e. The Morgan fingerprint density at radius 3 is 0.743 bits per heavy atom. The van der Waals surface area contributed by atoms with Crippen molar-refractivity contribution in [3.63, 3.8) is 0 Å². The Balaban J connectivity index is 4.68. The molecule has 0 aromatic rings.